The van der Waals surface area contributed by atoms with Gasteiger partial charge in [0.2, 0.25) is 0 Å². The van der Waals surface area contributed by atoms with E-state index in [-0.39, 0.29) is 18.2 Å². The number of nitrogens with two attached hydrogens (primary N) is 1. The summed E-state index contributed by atoms with van der Waals surface area (Å²) in [4.78, 5) is 31.6. The lowest BCUT2D eigenvalue weighted by atomic mass is 9.93. The lowest BCUT2D eigenvalue weighted by Crippen LogP contribution is -2.52. The number of nitrogens with zero attached hydrogens (tertiary/aromatic N) is 2. The maximum absolute atomic E-state index is 14.6. The highest BCUT2D eigenvalue weighted by atomic mass is 19.1. The summed E-state index contributed by atoms with van der Waals surface area (Å²) in [6.45, 7) is 0.946. The highest BCUT2D eigenvalue weighted by molar-refractivity contribution is 6.14. The first-order valence-electron chi connectivity index (χ1n) is 12.1. The maximum atomic E-state index is 14.6. The lowest BCUT2D eigenvalue weighted by molar-refractivity contribution is -0.147. The van der Waals surface area contributed by atoms with Crippen LogP contribution in [-0.4, -0.2) is 60.8 Å². The van der Waals surface area contributed by atoms with E-state index in [4.69, 9.17) is 20.6 Å². The lowest BCUT2D eigenvalue weighted by Gasteiger charge is -2.37. The Labute approximate surface area is 220 Å². The van der Waals surface area contributed by atoms with Crippen molar-refractivity contribution in [1.29, 1.82) is 5.41 Å². The smallest absolute Gasteiger partial charge is 0.310 e. The number of anilines is 1. The van der Waals surface area contributed by atoms with Crippen molar-refractivity contribution >= 4 is 23.3 Å². The molecular weight excluding hydrogens is 489 g/mol. The summed E-state index contributed by atoms with van der Waals surface area (Å²) in [6.07, 6.45) is 3.54. The van der Waals surface area contributed by atoms with Gasteiger partial charge in [-0.1, -0.05) is 6.07 Å². The molecular formula is C28H30FN5O4. The molecule has 4 N–H and O–H groups in total. The molecule has 1 fully saturated rings. The van der Waals surface area contributed by atoms with Gasteiger partial charge >= 0.3 is 5.97 Å². The number of halogens is 1. The Hall–Kier alpha value is -4.31. The Morgan fingerprint density at radius 3 is 2.61 bits per heavy atom. The topological polar surface area (TPSA) is 131 Å². The van der Waals surface area contributed by atoms with E-state index >= 15 is 0 Å². The molecule has 1 saturated heterocycles. The number of carbonyl (C=O) groups is 2. The van der Waals surface area contributed by atoms with E-state index in [9.17, 15) is 14.0 Å². The molecule has 38 heavy (non-hydrogen) atoms. The second kappa shape index (κ2) is 11.8. The third kappa shape index (κ3) is 5.97. The van der Waals surface area contributed by atoms with Crippen molar-refractivity contribution in [2.75, 3.05) is 33.0 Å². The van der Waals surface area contributed by atoms with Gasteiger partial charge in [-0.2, -0.15) is 0 Å². The van der Waals surface area contributed by atoms with Crippen molar-refractivity contribution in [2.45, 2.75) is 19.0 Å². The number of piperidine rings is 1. The van der Waals surface area contributed by atoms with Crippen molar-refractivity contribution in [1.82, 2.24) is 15.2 Å². The number of hydrogen-bond donors (Lipinski definition) is 3. The highest BCUT2D eigenvalue weighted by Gasteiger charge is 2.34. The summed E-state index contributed by atoms with van der Waals surface area (Å²) in [7, 11) is 2.80. The van der Waals surface area contributed by atoms with Crippen LogP contribution in [0.25, 0.3) is 0 Å². The molecule has 2 heterocycles. The number of nitrogens with one attached hydrogen (secondary N) is 2. The Morgan fingerprint density at radius 1 is 1.13 bits per heavy atom. The minimum absolute atomic E-state index is 0.174. The molecule has 1 aromatic heterocycles. The maximum Gasteiger partial charge on any atom is 0.310 e. The molecule has 2 aromatic carbocycles. The standard InChI is InChI=1S/C28H30FN5O4/c1-37-25-5-3-4-23(29)22(25)16-34-14-19(28(36)38-2)12-20(15-34)33-27(35)18-6-7-24(30)21(13-18)26(31)17-8-10-32-11-9-17/h3-11,13,19-20,31H,12,14-16,30H2,1-2H3,(H,33,35). The van der Waals surface area contributed by atoms with Gasteiger partial charge in [0, 0.05) is 66.0 Å². The third-order valence-corrected chi connectivity index (χ3v) is 6.63. The van der Waals surface area contributed by atoms with Gasteiger partial charge in [0.1, 0.15) is 11.6 Å². The van der Waals surface area contributed by atoms with Gasteiger partial charge in [-0.15, -0.1) is 0 Å². The normalized spacial score (nSPS) is 17.4. The number of likely N-dealkylation sites (tertiary alicyclic amines) is 1. The number of hydrogen-bond acceptors (Lipinski definition) is 8. The Bertz CT molecular complexity index is 1330. The third-order valence-electron chi connectivity index (χ3n) is 6.63. The monoisotopic (exact) mass is 519 g/mol. The first-order chi connectivity index (χ1) is 18.3. The average Bonchev–Trinajstić information content (AvgIpc) is 2.93. The van der Waals surface area contributed by atoms with Gasteiger partial charge in [-0.25, -0.2) is 4.39 Å². The fraction of sp³-hybridized carbons (Fsp3) is 0.286. The molecule has 1 aliphatic heterocycles. The Morgan fingerprint density at radius 2 is 1.89 bits per heavy atom. The zero-order valence-corrected chi connectivity index (χ0v) is 21.2. The van der Waals surface area contributed by atoms with E-state index < -0.39 is 23.7 Å². The van der Waals surface area contributed by atoms with E-state index in [0.717, 1.165) is 0 Å². The number of methoxy groups -OCH3 is 2. The molecule has 4 rings (SSSR count). The molecule has 1 amide bonds. The summed E-state index contributed by atoms with van der Waals surface area (Å²) in [5.41, 5.74) is 8.42. The summed E-state index contributed by atoms with van der Waals surface area (Å²) in [5.74, 6) is -1.26. The van der Waals surface area contributed by atoms with Gasteiger partial charge in [0.15, 0.2) is 0 Å². The van der Waals surface area contributed by atoms with Crippen LogP contribution in [0.5, 0.6) is 5.75 Å². The Kier molecular flexibility index (Phi) is 8.32. The first kappa shape index (κ1) is 26.7. The molecule has 0 aliphatic carbocycles. The highest BCUT2D eigenvalue weighted by Crippen LogP contribution is 2.27. The van der Waals surface area contributed by atoms with Crippen LogP contribution in [0.2, 0.25) is 0 Å². The predicted molar refractivity (Wildman–Crippen MR) is 141 cm³/mol. The number of amides is 1. The number of nitrogen functional groups attached to an aromatic ring is 1. The van der Waals surface area contributed by atoms with Crippen LogP contribution < -0.4 is 15.8 Å². The molecule has 2 unspecified atom stereocenters. The zero-order valence-electron chi connectivity index (χ0n) is 21.2. The first-order valence-corrected chi connectivity index (χ1v) is 12.1. The number of aromatic nitrogens is 1. The van der Waals surface area contributed by atoms with Crippen LogP contribution in [0.3, 0.4) is 0 Å². The van der Waals surface area contributed by atoms with E-state index in [2.05, 4.69) is 10.3 Å². The quantitative estimate of drug-likeness (QED) is 0.237. The van der Waals surface area contributed by atoms with Crippen LogP contribution in [0.4, 0.5) is 10.1 Å². The van der Waals surface area contributed by atoms with Crippen molar-refractivity contribution in [3.63, 3.8) is 0 Å². The summed E-state index contributed by atoms with van der Waals surface area (Å²) in [6, 6.07) is 12.4. The van der Waals surface area contributed by atoms with E-state index in [1.54, 1.807) is 54.9 Å². The van der Waals surface area contributed by atoms with Crippen LogP contribution in [0, 0.1) is 17.1 Å². The number of esters is 1. The van der Waals surface area contributed by atoms with Crippen molar-refractivity contribution < 1.29 is 23.5 Å². The second-order valence-electron chi connectivity index (χ2n) is 9.15. The molecule has 198 valence electrons. The summed E-state index contributed by atoms with van der Waals surface area (Å²) < 4.78 is 24.9. The number of benzene rings is 2. The average molecular weight is 520 g/mol. The van der Waals surface area contributed by atoms with Gasteiger partial charge in [0.05, 0.1) is 25.8 Å². The number of ether oxygens (including phenoxy) is 2. The fourth-order valence-corrected chi connectivity index (χ4v) is 4.73. The number of rotatable bonds is 8. The summed E-state index contributed by atoms with van der Waals surface area (Å²) >= 11 is 0. The predicted octanol–water partition coefficient (Wildman–Crippen LogP) is 3.02. The fourth-order valence-electron chi connectivity index (χ4n) is 4.73. The SMILES string of the molecule is COC(=O)C1CC(NC(=O)c2ccc(N)c(C(=N)c3ccncc3)c2)CN(Cc2c(F)cccc2OC)C1. The second-order valence-corrected chi connectivity index (χ2v) is 9.15. The largest absolute Gasteiger partial charge is 0.496 e. The molecule has 0 saturated carbocycles. The minimum atomic E-state index is -0.501. The minimum Gasteiger partial charge on any atom is -0.496 e. The van der Waals surface area contributed by atoms with Crippen molar-refractivity contribution in [3.8, 4) is 5.75 Å². The van der Waals surface area contributed by atoms with Crippen molar-refractivity contribution in [2.24, 2.45) is 5.92 Å². The Balaban J connectivity index is 1.53. The molecule has 9 nitrogen and oxygen atoms in total. The zero-order chi connectivity index (χ0) is 27.2. The van der Waals surface area contributed by atoms with Gasteiger partial charge in [0.25, 0.3) is 5.91 Å². The van der Waals surface area contributed by atoms with Crippen molar-refractivity contribution in [3.05, 3.63) is 89.0 Å². The molecule has 3 aromatic rings. The molecule has 0 spiro atoms. The van der Waals surface area contributed by atoms with Crippen LogP contribution in [-0.2, 0) is 16.1 Å². The number of pyridine rings is 1. The van der Waals surface area contributed by atoms with Crippen LogP contribution in [0.15, 0.2) is 60.9 Å². The molecule has 0 radical (unpaired) electrons. The van der Waals surface area contributed by atoms with Gasteiger partial charge in [-0.05, 0) is 48.9 Å². The van der Waals surface area contributed by atoms with E-state index in [0.29, 0.717) is 53.2 Å². The van der Waals surface area contributed by atoms with E-state index in [1.807, 2.05) is 4.90 Å². The van der Waals surface area contributed by atoms with Crippen LogP contribution >= 0.6 is 0 Å². The molecule has 10 heteroatoms. The molecule has 2 atom stereocenters. The van der Waals surface area contributed by atoms with E-state index in [1.165, 1.54) is 20.3 Å². The molecule has 1 aliphatic rings. The van der Waals surface area contributed by atoms with Gasteiger partial charge in [-0.3, -0.25) is 24.9 Å². The van der Waals surface area contributed by atoms with Crippen LogP contribution in [0.1, 0.15) is 33.5 Å². The molecule has 0 bridgehead atoms. The summed E-state index contributed by atoms with van der Waals surface area (Å²) in [5, 5.41) is 11.5. The number of carbonyl (C=O) groups excluding carboxylic acids is 2. The van der Waals surface area contributed by atoms with Gasteiger partial charge < -0.3 is 20.5 Å².